The number of pyridine rings is 1. The highest BCUT2D eigenvalue weighted by molar-refractivity contribution is 7.91. The van der Waals surface area contributed by atoms with E-state index in [2.05, 4.69) is 15.2 Å². The van der Waals surface area contributed by atoms with Gasteiger partial charge in [-0.2, -0.15) is 0 Å². The molecule has 7 heteroatoms. The molecule has 0 bridgehead atoms. The maximum absolute atomic E-state index is 12.4. The maximum Gasteiger partial charge on any atom is 0.270 e. The van der Waals surface area contributed by atoms with Gasteiger partial charge < -0.3 is 5.32 Å². The fraction of sp³-hybridized carbons (Fsp3) is 0.625. The number of carbonyl (C=O) groups excluding carboxylic acids is 1. The van der Waals surface area contributed by atoms with Gasteiger partial charge in [0.05, 0.1) is 17.5 Å². The van der Waals surface area contributed by atoms with Crippen LogP contribution in [0.25, 0.3) is 0 Å². The lowest BCUT2D eigenvalue weighted by Gasteiger charge is -2.34. The highest BCUT2D eigenvalue weighted by Crippen LogP contribution is 2.22. The van der Waals surface area contributed by atoms with Gasteiger partial charge >= 0.3 is 0 Å². The third-order valence-electron chi connectivity index (χ3n) is 4.62. The summed E-state index contributed by atoms with van der Waals surface area (Å²) in [4.78, 5) is 18.8. The minimum absolute atomic E-state index is 0.0196. The zero-order chi connectivity index (χ0) is 16.4. The van der Waals surface area contributed by atoms with Crippen molar-refractivity contribution in [3.8, 4) is 0 Å². The lowest BCUT2D eigenvalue weighted by atomic mass is 10.0. The topological polar surface area (TPSA) is 79.4 Å². The Hall–Kier alpha value is -1.47. The summed E-state index contributed by atoms with van der Waals surface area (Å²) in [6, 6.07) is 4.79. The summed E-state index contributed by atoms with van der Waals surface area (Å²) in [5.41, 5.74) is 1.11. The van der Waals surface area contributed by atoms with E-state index in [-0.39, 0.29) is 29.5 Å². The second-order valence-electron chi connectivity index (χ2n) is 6.49. The van der Waals surface area contributed by atoms with E-state index in [0.29, 0.717) is 5.69 Å². The number of nitrogens with one attached hydrogen (secondary N) is 1. The first-order chi connectivity index (χ1) is 10.9. The highest BCUT2D eigenvalue weighted by Gasteiger charge is 2.42. The van der Waals surface area contributed by atoms with Crippen LogP contribution in [0.2, 0.25) is 0 Å². The van der Waals surface area contributed by atoms with Crippen molar-refractivity contribution in [2.45, 2.75) is 38.3 Å². The minimum atomic E-state index is -3.11. The van der Waals surface area contributed by atoms with Crippen molar-refractivity contribution >= 4 is 15.7 Å². The molecule has 0 aliphatic carbocycles. The summed E-state index contributed by atoms with van der Waals surface area (Å²) in [6.07, 6.45) is 3.38. The highest BCUT2D eigenvalue weighted by atomic mass is 32.2. The van der Waals surface area contributed by atoms with Crippen molar-refractivity contribution in [1.82, 2.24) is 15.2 Å². The number of nitrogens with zero attached hydrogens (tertiary/aromatic N) is 2. The van der Waals surface area contributed by atoms with Crippen molar-refractivity contribution in [1.29, 1.82) is 0 Å². The number of carbonyl (C=O) groups is 1. The lowest BCUT2D eigenvalue weighted by Crippen LogP contribution is -2.52. The molecule has 6 nitrogen and oxygen atoms in total. The van der Waals surface area contributed by atoms with Gasteiger partial charge in [0.25, 0.3) is 5.91 Å². The fourth-order valence-corrected chi connectivity index (χ4v) is 5.44. The molecule has 1 aromatic rings. The zero-order valence-corrected chi connectivity index (χ0v) is 14.2. The Morgan fingerprint density at radius 3 is 2.65 bits per heavy atom. The second-order valence-corrected chi connectivity index (χ2v) is 8.64. The van der Waals surface area contributed by atoms with Gasteiger partial charge in [-0.25, -0.2) is 13.4 Å². The first-order valence-electron chi connectivity index (χ1n) is 8.14. The normalized spacial score (nSPS) is 27.7. The summed E-state index contributed by atoms with van der Waals surface area (Å²) in [5, 5.41) is 2.90. The first kappa shape index (κ1) is 16.4. The molecule has 0 spiro atoms. The van der Waals surface area contributed by atoms with E-state index in [0.717, 1.165) is 31.6 Å². The molecule has 0 aromatic carbocycles. The van der Waals surface area contributed by atoms with E-state index in [1.54, 1.807) is 12.1 Å². The Balaban J connectivity index is 1.74. The Morgan fingerprint density at radius 2 is 1.96 bits per heavy atom. The predicted octanol–water partition coefficient (Wildman–Crippen LogP) is 0.771. The average Bonchev–Trinajstić information content (AvgIpc) is 2.83. The molecule has 0 radical (unpaired) electrons. The summed E-state index contributed by atoms with van der Waals surface area (Å²) in [5.74, 6) is -0.136. The number of aryl methyl sites for hydroxylation is 1. The Bertz CT molecular complexity index is 684. The van der Waals surface area contributed by atoms with Crippen LogP contribution >= 0.6 is 0 Å². The van der Waals surface area contributed by atoms with Crippen LogP contribution in [0.3, 0.4) is 0 Å². The second kappa shape index (κ2) is 6.57. The number of amides is 1. The number of aromatic nitrogens is 1. The molecule has 2 fully saturated rings. The fourth-order valence-electron chi connectivity index (χ4n) is 3.49. The van der Waals surface area contributed by atoms with Crippen molar-refractivity contribution in [3.63, 3.8) is 0 Å². The standard InChI is InChI=1S/C16H23N3O3S/c1-12-6-5-7-13(17-12)16(20)18-14-10-23(21,22)11-15(14)19-8-3-2-4-9-19/h5-7,14-15H,2-4,8-11H2,1H3,(H,18,20)/t14-,15-/m0/s1. The maximum atomic E-state index is 12.4. The number of hydrogen-bond acceptors (Lipinski definition) is 5. The molecule has 1 N–H and O–H groups in total. The van der Waals surface area contributed by atoms with Gasteiger partial charge in [-0.3, -0.25) is 9.69 Å². The smallest absolute Gasteiger partial charge is 0.270 e. The summed E-state index contributed by atoms with van der Waals surface area (Å²) < 4.78 is 24.1. The van der Waals surface area contributed by atoms with Gasteiger partial charge in [-0.1, -0.05) is 12.5 Å². The van der Waals surface area contributed by atoms with Crippen molar-refractivity contribution in [2.24, 2.45) is 0 Å². The van der Waals surface area contributed by atoms with Crippen molar-refractivity contribution in [2.75, 3.05) is 24.6 Å². The van der Waals surface area contributed by atoms with E-state index >= 15 is 0 Å². The van der Waals surface area contributed by atoms with Crippen LogP contribution in [0.4, 0.5) is 0 Å². The molecule has 3 heterocycles. The molecule has 0 unspecified atom stereocenters. The monoisotopic (exact) mass is 337 g/mol. The van der Waals surface area contributed by atoms with Gasteiger partial charge in [-0.15, -0.1) is 0 Å². The molecule has 126 valence electrons. The van der Waals surface area contributed by atoms with Crippen LogP contribution in [0.5, 0.6) is 0 Å². The average molecular weight is 337 g/mol. The molecule has 2 aliphatic rings. The number of rotatable bonds is 3. The summed E-state index contributed by atoms with van der Waals surface area (Å²) in [7, 11) is -3.11. The lowest BCUT2D eigenvalue weighted by molar-refractivity contribution is 0.0895. The third kappa shape index (κ3) is 3.90. The molecule has 1 amide bonds. The van der Waals surface area contributed by atoms with Crippen LogP contribution in [-0.2, 0) is 9.84 Å². The molecule has 2 saturated heterocycles. The van der Waals surface area contributed by atoms with Gasteiger partial charge in [0.1, 0.15) is 5.69 Å². The van der Waals surface area contributed by atoms with Gasteiger partial charge in [0, 0.05) is 11.7 Å². The van der Waals surface area contributed by atoms with Crippen LogP contribution in [0.1, 0.15) is 35.4 Å². The SMILES string of the molecule is Cc1cccc(C(=O)N[C@H]2CS(=O)(=O)C[C@@H]2N2CCCCC2)n1. The van der Waals surface area contributed by atoms with Gasteiger partial charge in [0.15, 0.2) is 9.84 Å². The molecule has 2 aliphatic heterocycles. The van der Waals surface area contributed by atoms with Crippen LogP contribution in [0.15, 0.2) is 18.2 Å². The Morgan fingerprint density at radius 1 is 1.22 bits per heavy atom. The first-order valence-corrected chi connectivity index (χ1v) is 9.96. The molecule has 2 atom stereocenters. The van der Waals surface area contributed by atoms with E-state index in [9.17, 15) is 13.2 Å². The molecular weight excluding hydrogens is 314 g/mol. The number of hydrogen-bond donors (Lipinski definition) is 1. The third-order valence-corrected chi connectivity index (χ3v) is 6.34. The number of likely N-dealkylation sites (tertiary alicyclic amines) is 1. The largest absolute Gasteiger partial charge is 0.345 e. The number of piperidine rings is 1. The van der Waals surface area contributed by atoms with Crippen LogP contribution in [0, 0.1) is 6.92 Å². The minimum Gasteiger partial charge on any atom is -0.345 e. The van der Waals surface area contributed by atoms with E-state index < -0.39 is 9.84 Å². The van der Waals surface area contributed by atoms with E-state index in [1.165, 1.54) is 6.42 Å². The molecule has 3 rings (SSSR count). The summed E-state index contributed by atoms with van der Waals surface area (Å²) in [6.45, 7) is 3.65. The molecule has 0 saturated carbocycles. The predicted molar refractivity (Wildman–Crippen MR) is 88.1 cm³/mol. The molecular formula is C16H23N3O3S. The van der Waals surface area contributed by atoms with Crippen LogP contribution in [-0.4, -0.2) is 60.9 Å². The number of sulfone groups is 1. The van der Waals surface area contributed by atoms with E-state index in [1.807, 2.05) is 13.0 Å². The Kier molecular flexibility index (Phi) is 4.68. The quantitative estimate of drug-likeness (QED) is 0.881. The summed E-state index contributed by atoms with van der Waals surface area (Å²) >= 11 is 0. The van der Waals surface area contributed by atoms with Crippen molar-refractivity contribution in [3.05, 3.63) is 29.6 Å². The van der Waals surface area contributed by atoms with Gasteiger partial charge in [0.2, 0.25) is 0 Å². The van der Waals surface area contributed by atoms with Crippen LogP contribution < -0.4 is 5.32 Å². The van der Waals surface area contributed by atoms with Crippen molar-refractivity contribution < 1.29 is 13.2 Å². The molecule has 23 heavy (non-hydrogen) atoms. The van der Waals surface area contributed by atoms with Gasteiger partial charge in [-0.05, 0) is 45.0 Å². The zero-order valence-electron chi connectivity index (χ0n) is 13.4. The van der Waals surface area contributed by atoms with E-state index in [4.69, 9.17) is 0 Å². The Labute approximate surface area is 137 Å². The molecule has 1 aromatic heterocycles.